The van der Waals surface area contributed by atoms with Gasteiger partial charge in [0.25, 0.3) is 5.91 Å². The molecule has 0 heterocycles. The lowest BCUT2D eigenvalue weighted by Crippen LogP contribution is -2.35. The van der Waals surface area contributed by atoms with Crippen LogP contribution < -0.4 is 5.32 Å². The van der Waals surface area contributed by atoms with Crippen LogP contribution in [0.25, 0.3) is 0 Å². The van der Waals surface area contributed by atoms with Crippen molar-refractivity contribution in [1.29, 1.82) is 0 Å². The normalized spacial score (nSPS) is 17.1. The predicted molar refractivity (Wildman–Crippen MR) is 84.1 cm³/mol. The van der Waals surface area contributed by atoms with Gasteiger partial charge in [-0.3, -0.25) is 4.79 Å². The van der Waals surface area contributed by atoms with Crippen molar-refractivity contribution in [2.45, 2.75) is 38.3 Å². The van der Waals surface area contributed by atoms with Crippen LogP contribution in [0, 0.1) is 5.92 Å². The van der Waals surface area contributed by atoms with Gasteiger partial charge in [0.15, 0.2) is 0 Å². The average Bonchev–Trinajstić information content (AvgIpc) is 2.98. The molecule has 2 N–H and O–H groups in total. The Hall–Kier alpha value is -1.39. The minimum Gasteiger partial charge on any atom is -0.391 e. The van der Waals surface area contributed by atoms with Gasteiger partial charge in [-0.05, 0) is 50.6 Å². The summed E-state index contributed by atoms with van der Waals surface area (Å²) >= 11 is 0. The highest BCUT2D eigenvalue weighted by molar-refractivity contribution is 5.94. The molecule has 1 fully saturated rings. The Labute approximate surface area is 127 Å². The topological polar surface area (TPSA) is 52.6 Å². The zero-order valence-corrected chi connectivity index (χ0v) is 13.0. The molecule has 1 aliphatic rings. The Bertz CT molecular complexity index is 468. The largest absolute Gasteiger partial charge is 0.391 e. The van der Waals surface area contributed by atoms with Crippen molar-refractivity contribution in [2.24, 2.45) is 5.92 Å². The highest BCUT2D eigenvalue weighted by atomic mass is 16.3. The first-order valence-corrected chi connectivity index (χ1v) is 7.76. The summed E-state index contributed by atoms with van der Waals surface area (Å²) in [5, 5.41) is 13.0. The number of amides is 1. The molecule has 0 bridgehead atoms. The summed E-state index contributed by atoms with van der Waals surface area (Å²) in [5.74, 6) is 0.248. The Morgan fingerprint density at radius 1 is 1.38 bits per heavy atom. The van der Waals surface area contributed by atoms with Crippen LogP contribution in [0.3, 0.4) is 0 Å². The van der Waals surface area contributed by atoms with Gasteiger partial charge in [0.05, 0.1) is 6.10 Å². The fourth-order valence-electron chi connectivity index (χ4n) is 2.98. The van der Waals surface area contributed by atoms with E-state index < -0.39 is 6.10 Å². The van der Waals surface area contributed by atoms with Crippen molar-refractivity contribution < 1.29 is 9.90 Å². The summed E-state index contributed by atoms with van der Waals surface area (Å²) in [4.78, 5) is 14.2. The molecule has 0 aromatic heterocycles. The third kappa shape index (κ3) is 4.83. The first-order chi connectivity index (χ1) is 10.1. The Morgan fingerprint density at radius 2 is 2.10 bits per heavy atom. The maximum Gasteiger partial charge on any atom is 0.251 e. The molecule has 116 valence electrons. The van der Waals surface area contributed by atoms with Gasteiger partial charge in [-0.1, -0.05) is 25.0 Å². The van der Waals surface area contributed by atoms with Gasteiger partial charge in [-0.25, -0.2) is 0 Å². The van der Waals surface area contributed by atoms with E-state index in [9.17, 15) is 9.90 Å². The number of carbonyl (C=O) groups excluding carboxylic acids is 1. The standard InChI is InChI=1S/C17H26N2O2/c1-19(2)12-13-6-5-9-15(10-13)17(21)18-11-16(20)14-7-3-4-8-14/h5-6,9-10,14,16,20H,3-4,7-8,11-12H2,1-2H3,(H,18,21). The van der Waals surface area contributed by atoms with E-state index in [1.54, 1.807) is 0 Å². The smallest absolute Gasteiger partial charge is 0.251 e. The molecule has 4 heteroatoms. The zero-order valence-electron chi connectivity index (χ0n) is 13.0. The minimum absolute atomic E-state index is 0.104. The lowest BCUT2D eigenvalue weighted by atomic mass is 10.0. The van der Waals surface area contributed by atoms with Crippen LogP contribution in [0.5, 0.6) is 0 Å². The van der Waals surface area contributed by atoms with E-state index in [-0.39, 0.29) is 5.91 Å². The molecule has 1 aromatic carbocycles. The maximum absolute atomic E-state index is 12.2. The molecule has 4 nitrogen and oxygen atoms in total. The molecule has 1 unspecified atom stereocenters. The summed E-state index contributed by atoms with van der Waals surface area (Å²) in [6.45, 7) is 1.16. The van der Waals surface area contributed by atoms with Gasteiger partial charge in [-0.2, -0.15) is 0 Å². The summed E-state index contributed by atoms with van der Waals surface area (Å²) in [6.07, 6.45) is 4.14. The van der Waals surface area contributed by atoms with Crippen molar-refractivity contribution in [1.82, 2.24) is 10.2 Å². The maximum atomic E-state index is 12.2. The van der Waals surface area contributed by atoms with E-state index in [4.69, 9.17) is 0 Å². The predicted octanol–water partition coefficient (Wildman–Crippen LogP) is 2.03. The highest BCUT2D eigenvalue weighted by Gasteiger charge is 2.23. The molecule has 1 amide bonds. The molecule has 0 radical (unpaired) electrons. The fourth-order valence-corrected chi connectivity index (χ4v) is 2.98. The van der Waals surface area contributed by atoms with E-state index in [2.05, 4.69) is 10.2 Å². The molecular formula is C17H26N2O2. The second kappa shape index (κ2) is 7.57. The number of aliphatic hydroxyl groups is 1. The van der Waals surface area contributed by atoms with Crippen LogP contribution in [0.1, 0.15) is 41.6 Å². The van der Waals surface area contributed by atoms with Crippen LogP contribution in [0.2, 0.25) is 0 Å². The van der Waals surface area contributed by atoms with Crippen molar-refractivity contribution in [3.63, 3.8) is 0 Å². The summed E-state index contributed by atoms with van der Waals surface area (Å²) < 4.78 is 0. The third-order valence-electron chi connectivity index (χ3n) is 4.10. The molecule has 0 saturated heterocycles. The van der Waals surface area contributed by atoms with E-state index in [0.29, 0.717) is 18.0 Å². The molecule has 1 saturated carbocycles. The number of carbonyl (C=O) groups is 1. The van der Waals surface area contributed by atoms with E-state index in [1.807, 2.05) is 38.4 Å². The zero-order chi connectivity index (χ0) is 15.2. The molecule has 0 aliphatic heterocycles. The van der Waals surface area contributed by atoms with Gasteiger partial charge in [0.2, 0.25) is 0 Å². The molecular weight excluding hydrogens is 264 g/mol. The van der Waals surface area contributed by atoms with Gasteiger partial charge in [0, 0.05) is 18.7 Å². The summed E-state index contributed by atoms with van der Waals surface area (Å²) in [6, 6.07) is 7.65. The van der Waals surface area contributed by atoms with Crippen molar-refractivity contribution in [2.75, 3.05) is 20.6 Å². The first kappa shape index (κ1) is 16.0. The van der Waals surface area contributed by atoms with Crippen molar-refractivity contribution in [3.8, 4) is 0 Å². The van der Waals surface area contributed by atoms with E-state index in [0.717, 1.165) is 24.9 Å². The van der Waals surface area contributed by atoms with Crippen molar-refractivity contribution >= 4 is 5.91 Å². The Balaban J connectivity index is 1.87. The second-order valence-electron chi connectivity index (χ2n) is 6.26. The molecule has 1 atom stereocenters. The Kier molecular flexibility index (Phi) is 5.76. The third-order valence-corrected chi connectivity index (χ3v) is 4.10. The number of hydrogen-bond acceptors (Lipinski definition) is 3. The number of nitrogens with zero attached hydrogens (tertiary/aromatic N) is 1. The summed E-state index contributed by atoms with van der Waals surface area (Å²) in [5.41, 5.74) is 1.77. The highest BCUT2D eigenvalue weighted by Crippen LogP contribution is 2.27. The minimum atomic E-state index is -0.415. The van der Waals surface area contributed by atoms with Crippen LogP contribution >= 0.6 is 0 Å². The number of benzene rings is 1. The summed E-state index contributed by atoms with van der Waals surface area (Å²) in [7, 11) is 4.01. The number of nitrogens with one attached hydrogen (secondary N) is 1. The molecule has 1 aliphatic carbocycles. The van der Waals surface area contributed by atoms with Gasteiger partial charge >= 0.3 is 0 Å². The Morgan fingerprint density at radius 3 is 2.76 bits per heavy atom. The monoisotopic (exact) mass is 290 g/mol. The fraction of sp³-hybridized carbons (Fsp3) is 0.588. The second-order valence-corrected chi connectivity index (χ2v) is 6.26. The molecule has 2 rings (SSSR count). The average molecular weight is 290 g/mol. The first-order valence-electron chi connectivity index (χ1n) is 7.76. The number of hydrogen-bond donors (Lipinski definition) is 2. The van der Waals surface area contributed by atoms with Crippen LogP contribution in [-0.2, 0) is 6.54 Å². The molecule has 0 spiro atoms. The van der Waals surface area contributed by atoms with E-state index in [1.165, 1.54) is 12.8 Å². The van der Waals surface area contributed by atoms with Gasteiger partial charge in [0.1, 0.15) is 0 Å². The van der Waals surface area contributed by atoms with Gasteiger partial charge in [-0.15, -0.1) is 0 Å². The van der Waals surface area contributed by atoms with Crippen LogP contribution in [0.15, 0.2) is 24.3 Å². The number of aliphatic hydroxyl groups excluding tert-OH is 1. The van der Waals surface area contributed by atoms with Gasteiger partial charge < -0.3 is 15.3 Å². The van der Waals surface area contributed by atoms with Crippen LogP contribution in [0.4, 0.5) is 0 Å². The molecule has 21 heavy (non-hydrogen) atoms. The number of rotatable bonds is 6. The lowest BCUT2D eigenvalue weighted by molar-refractivity contribution is 0.0840. The van der Waals surface area contributed by atoms with Crippen LogP contribution in [-0.4, -0.2) is 42.7 Å². The van der Waals surface area contributed by atoms with Crippen molar-refractivity contribution in [3.05, 3.63) is 35.4 Å². The lowest BCUT2D eigenvalue weighted by Gasteiger charge is -2.18. The van der Waals surface area contributed by atoms with E-state index >= 15 is 0 Å². The molecule has 1 aromatic rings. The SMILES string of the molecule is CN(C)Cc1cccc(C(=O)NCC(O)C2CCCC2)c1. The quantitative estimate of drug-likeness (QED) is 0.843.